The van der Waals surface area contributed by atoms with E-state index >= 15 is 0 Å². The van der Waals surface area contributed by atoms with Crippen molar-refractivity contribution in [2.75, 3.05) is 7.05 Å². The van der Waals surface area contributed by atoms with Gasteiger partial charge in [0.05, 0.1) is 5.69 Å². The Bertz CT molecular complexity index is 499. The van der Waals surface area contributed by atoms with E-state index in [0.717, 1.165) is 17.5 Å². The summed E-state index contributed by atoms with van der Waals surface area (Å²) in [5.74, 6) is -0.293. The Morgan fingerprint density at radius 2 is 2.19 bits per heavy atom. The molecule has 0 radical (unpaired) electrons. The summed E-state index contributed by atoms with van der Waals surface area (Å²) in [6.45, 7) is 2.06. The van der Waals surface area contributed by atoms with Crippen molar-refractivity contribution in [1.29, 1.82) is 0 Å². The zero-order valence-corrected chi connectivity index (χ0v) is 9.37. The van der Waals surface area contributed by atoms with Gasteiger partial charge >= 0.3 is 0 Å². The fourth-order valence-corrected chi connectivity index (χ4v) is 1.66. The summed E-state index contributed by atoms with van der Waals surface area (Å²) in [6, 6.07) is 5.27. The molecular weight excluding hydrogens is 205 g/mol. The molecule has 16 heavy (non-hydrogen) atoms. The monoisotopic (exact) mass is 219 g/mol. The van der Waals surface area contributed by atoms with Gasteiger partial charge < -0.3 is 5.32 Å². The number of hydrogen-bond acceptors (Lipinski definition) is 3. The molecule has 2 rings (SSSR count). The molecule has 0 amide bonds. The van der Waals surface area contributed by atoms with Gasteiger partial charge in [0, 0.05) is 17.8 Å². The summed E-state index contributed by atoms with van der Waals surface area (Å²) in [4.78, 5) is 8.19. The summed E-state index contributed by atoms with van der Waals surface area (Å²) in [5.41, 5.74) is 1.28. The minimum atomic E-state index is -0.293. The van der Waals surface area contributed by atoms with Gasteiger partial charge in [0.15, 0.2) is 0 Å². The lowest BCUT2D eigenvalue weighted by molar-refractivity contribution is 0.601. The highest BCUT2D eigenvalue weighted by atomic mass is 19.1. The van der Waals surface area contributed by atoms with Crippen LogP contribution in [0.1, 0.15) is 12.6 Å². The molecule has 1 aromatic carbocycles. The summed E-state index contributed by atoms with van der Waals surface area (Å²) in [6.07, 6.45) is 2.18. The molecule has 1 aromatic heterocycles. The molecule has 0 aliphatic rings. The molecular formula is C12H14FN3. The van der Waals surface area contributed by atoms with Crippen molar-refractivity contribution in [1.82, 2.24) is 15.3 Å². The first-order valence-corrected chi connectivity index (χ1v) is 5.27. The lowest BCUT2D eigenvalue weighted by Gasteiger charge is -2.10. The van der Waals surface area contributed by atoms with Gasteiger partial charge in [-0.2, -0.15) is 0 Å². The predicted molar refractivity (Wildman–Crippen MR) is 61.7 cm³/mol. The molecule has 1 atom stereocenters. The van der Waals surface area contributed by atoms with E-state index in [1.807, 2.05) is 13.1 Å². The zero-order chi connectivity index (χ0) is 11.5. The third-order valence-corrected chi connectivity index (χ3v) is 2.69. The minimum Gasteiger partial charge on any atom is -0.317 e. The Labute approximate surface area is 93.7 Å². The van der Waals surface area contributed by atoms with Crippen LogP contribution in [0.3, 0.4) is 0 Å². The van der Waals surface area contributed by atoms with Crippen molar-refractivity contribution >= 4 is 10.9 Å². The van der Waals surface area contributed by atoms with E-state index in [1.54, 1.807) is 6.07 Å². The van der Waals surface area contributed by atoms with E-state index in [9.17, 15) is 4.39 Å². The fraction of sp³-hybridized carbons (Fsp3) is 0.333. The van der Waals surface area contributed by atoms with Crippen LogP contribution in [0, 0.1) is 5.82 Å². The predicted octanol–water partition coefficient (Wildman–Crippen LogP) is 1.92. The van der Waals surface area contributed by atoms with Crippen molar-refractivity contribution in [3.63, 3.8) is 0 Å². The Balaban J connectivity index is 2.50. The molecule has 2 aromatic rings. The number of aromatic nitrogens is 2. The summed E-state index contributed by atoms with van der Waals surface area (Å²) in [7, 11) is 1.90. The highest BCUT2D eigenvalue weighted by molar-refractivity contribution is 5.81. The van der Waals surface area contributed by atoms with E-state index in [1.165, 1.54) is 12.4 Å². The molecule has 1 N–H and O–H groups in total. The van der Waals surface area contributed by atoms with E-state index in [-0.39, 0.29) is 5.82 Å². The molecule has 0 aliphatic heterocycles. The molecule has 1 unspecified atom stereocenters. The van der Waals surface area contributed by atoms with Crippen molar-refractivity contribution in [2.24, 2.45) is 0 Å². The Morgan fingerprint density at radius 3 is 2.94 bits per heavy atom. The van der Waals surface area contributed by atoms with Gasteiger partial charge in [-0.15, -0.1) is 0 Å². The van der Waals surface area contributed by atoms with Gasteiger partial charge in [0.1, 0.15) is 17.7 Å². The number of hydrogen-bond donors (Lipinski definition) is 1. The Morgan fingerprint density at radius 1 is 1.38 bits per heavy atom. The number of rotatable bonds is 3. The third kappa shape index (κ3) is 2.02. The van der Waals surface area contributed by atoms with Crippen molar-refractivity contribution in [3.8, 4) is 0 Å². The van der Waals surface area contributed by atoms with Crippen LogP contribution in [0.2, 0.25) is 0 Å². The standard InChI is InChI=1S/C12H14FN3/c1-8(14-2)6-11-9-4-3-5-10(13)12(9)16-7-15-11/h3-5,7-8,14H,6H2,1-2H3. The largest absolute Gasteiger partial charge is 0.317 e. The van der Waals surface area contributed by atoms with E-state index in [0.29, 0.717) is 11.6 Å². The second-order valence-corrected chi connectivity index (χ2v) is 3.85. The fourth-order valence-electron chi connectivity index (χ4n) is 1.66. The zero-order valence-electron chi connectivity index (χ0n) is 9.37. The van der Waals surface area contributed by atoms with Gasteiger partial charge in [0.2, 0.25) is 0 Å². The van der Waals surface area contributed by atoms with Crippen LogP contribution in [0.4, 0.5) is 4.39 Å². The molecule has 0 saturated heterocycles. The van der Waals surface area contributed by atoms with E-state index in [4.69, 9.17) is 0 Å². The molecule has 1 heterocycles. The number of para-hydroxylation sites is 1. The number of fused-ring (bicyclic) bond motifs is 1. The minimum absolute atomic E-state index is 0.293. The van der Waals surface area contributed by atoms with Gasteiger partial charge in [-0.25, -0.2) is 14.4 Å². The highest BCUT2D eigenvalue weighted by Gasteiger charge is 2.09. The normalized spacial score (nSPS) is 12.9. The van der Waals surface area contributed by atoms with Crippen molar-refractivity contribution in [2.45, 2.75) is 19.4 Å². The number of likely N-dealkylation sites (N-methyl/N-ethyl adjacent to an activating group) is 1. The Hall–Kier alpha value is -1.55. The van der Waals surface area contributed by atoms with Crippen LogP contribution in [-0.4, -0.2) is 23.1 Å². The summed E-state index contributed by atoms with van der Waals surface area (Å²) in [5, 5.41) is 3.93. The number of halogens is 1. The maximum atomic E-state index is 13.5. The quantitative estimate of drug-likeness (QED) is 0.857. The lowest BCUT2D eigenvalue weighted by atomic mass is 10.1. The van der Waals surface area contributed by atoms with Crippen LogP contribution in [0.15, 0.2) is 24.5 Å². The van der Waals surface area contributed by atoms with Crippen LogP contribution < -0.4 is 5.32 Å². The molecule has 0 aliphatic carbocycles. The molecule has 84 valence electrons. The maximum Gasteiger partial charge on any atom is 0.149 e. The van der Waals surface area contributed by atoms with Gasteiger partial charge in [-0.3, -0.25) is 0 Å². The van der Waals surface area contributed by atoms with Crippen molar-refractivity contribution in [3.05, 3.63) is 36.0 Å². The van der Waals surface area contributed by atoms with Crippen LogP contribution >= 0.6 is 0 Å². The Kier molecular flexibility index (Phi) is 3.10. The SMILES string of the molecule is CNC(C)Cc1ncnc2c(F)cccc12. The smallest absolute Gasteiger partial charge is 0.149 e. The molecule has 0 spiro atoms. The number of nitrogens with one attached hydrogen (secondary N) is 1. The van der Waals surface area contributed by atoms with E-state index in [2.05, 4.69) is 22.2 Å². The first-order valence-electron chi connectivity index (χ1n) is 5.27. The third-order valence-electron chi connectivity index (χ3n) is 2.69. The van der Waals surface area contributed by atoms with Crippen LogP contribution in [0.25, 0.3) is 10.9 Å². The highest BCUT2D eigenvalue weighted by Crippen LogP contribution is 2.18. The topological polar surface area (TPSA) is 37.8 Å². The molecule has 0 bridgehead atoms. The average molecular weight is 219 g/mol. The average Bonchev–Trinajstić information content (AvgIpc) is 2.30. The van der Waals surface area contributed by atoms with Gasteiger partial charge in [-0.1, -0.05) is 12.1 Å². The van der Waals surface area contributed by atoms with Gasteiger partial charge in [0.25, 0.3) is 0 Å². The molecule has 3 nitrogen and oxygen atoms in total. The van der Waals surface area contributed by atoms with Crippen LogP contribution in [-0.2, 0) is 6.42 Å². The first kappa shape index (κ1) is 11.0. The summed E-state index contributed by atoms with van der Waals surface area (Å²) < 4.78 is 13.5. The lowest BCUT2D eigenvalue weighted by Crippen LogP contribution is -2.24. The van der Waals surface area contributed by atoms with Crippen LogP contribution in [0.5, 0.6) is 0 Å². The maximum absolute atomic E-state index is 13.5. The number of benzene rings is 1. The second kappa shape index (κ2) is 4.53. The van der Waals surface area contributed by atoms with Crippen molar-refractivity contribution < 1.29 is 4.39 Å². The molecule has 0 fully saturated rings. The summed E-state index contributed by atoms with van der Waals surface area (Å²) >= 11 is 0. The number of nitrogens with zero attached hydrogens (tertiary/aromatic N) is 2. The first-order chi connectivity index (χ1) is 7.72. The molecule has 0 saturated carbocycles. The molecule has 4 heteroatoms. The van der Waals surface area contributed by atoms with Gasteiger partial charge in [-0.05, 0) is 20.0 Å². The van der Waals surface area contributed by atoms with E-state index < -0.39 is 0 Å². The second-order valence-electron chi connectivity index (χ2n) is 3.85.